The van der Waals surface area contributed by atoms with Crippen molar-refractivity contribution in [2.45, 2.75) is 149 Å². The molecule has 8 nitrogen and oxygen atoms in total. The number of ether oxygens (including phenoxy) is 5. The number of aliphatic hydroxyl groups is 1. The molecule has 2 bridgehead atoms. The first-order chi connectivity index (χ1) is 23.2. The van der Waals surface area contributed by atoms with Crippen molar-refractivity contribution >= 4 is 11.5 Å². The highest BCUT2D eigenvalue weighted by molar-refractivity contribution is 5.96. The number of phenolic OH excluding ortho intramolecular Hbond substituents is 1. The number of hydrogen-bond donors (Lipinski definition) is 2. The van der Waals surface area contributed by atoms with Crippen LogP contribution in [0.15, 0.2) is 42.0 Å². The summed E-state index contributed by atoms with van der Waals surface area (Å²) in [6.07, 6.45) is 11.6. The van der Waals surface area contributed by atoms with Crippen LogP contribution in [0.1, 0.15) is 115 Å². The Bertz CT molecular complexity index is 1410. The number of aliphatic hydroxyl groups excluding tert-OH is 1. The molecule has 272 valence electrons. The van der Waals surface area contributed by atoms with E-state index in [2.05, 4.69) is 46.8 Å². The molecule has 5 rings (SSSR count). The van der Waals surface area contributed by atoms with Gasteiger partial charge in [-0.3, -0.25) is 0 Å². The lowest BCUT2D eigenvalue weighted by Gasteiger charge is -2.50. The van der Waals surface area contributed by atoms with Crippen LogP contribution in [0.25, 0.3) is 5.57 Å². The van der Waals surface area contributed by atoms with Gasteiger partial charge in [-0.15, -0.1) is 0 Å². The third kappa shape index (κ3) is 8.70. The second-order valence-electron chi connectivity index (χ2n) is 15.7. The molecule has 49 heavy (non-hydrogen) atoms. The number of aryl methyl sites for hydroxylation is 1. The Morgan fingerprint density at radius 3 is 2.51 bits per heavy atom. The molecule has 1 spiro atoms. The molecule has 4 aliphatic heterocycles. The minimum Gasteiger partial charge on any atom is -0.508 e. The number of allylic oxidation sites excluding steroid dienone is 5. The molecule has 0 radical (unpaired) electrons. The summed E-state index contributed by atoms with van der Waals surface area (Å²) in [6.45, 7) is 16.7. The van der Waals surface area contributed by atoms with Crippen LogP contribution in [0.5, 0.6) is 5.75 Å². The first kappa shape index (κ1) is 37.8. The lowest BCUT2D eigenvalue weighted by molar-refractivity contribution is -0.339. The highest BCUT2D eigenvalue weighted by Gasteiger charge is 2.49. The van der Waals surface area contributed by atoms with E-state index in [1.807, 2.05) is 26.0 Å². The van der Waals surface area contributed by atoms with E-state index in [-0.39, 0.29) is 54.2 Å². The Morgan fingerprint density at radius 1 is 1.04 bits per heavy atom. The van der Waals surface area contributed by atoms with Gasteiger partial charge >= 0.3 is 5.97 Å². The zero-order valence-corrected chi connectivity index (χ0v) is 31.1. The van der Waals surface area contributed by atoms with E-state index >= 15 is 0 Å². The Labute approximate surface area is 293 Å². The molecule has 0 saturated carbocycles. The van der Waals surface area contributed by atoms with Gasteiger partial charge in [-0.2, -0.15) is 0 Å². The molecule has 0 aromatic heterocycles. The number of fused-ring (bicyclic) bond motifs is 3. The summed E-state index contributed by atoms with van der Waals surface area (Å²) in [5.74, 6) is -0.0383. The van der Waals surface area contributed by atoms with Gasteiger partial charge in [0.15, 0.2) is 5.79 Å². The topological polar surface area (TPSA) is 104 Å². The lowest BCUT2D eigenvalue weighted by Crippen LogP contribution is -2.55. The molecule has 0 amide bonds. The number of carbonyl (C=O) groups is 1. The smallest absolute Gasteiger partial charge is 0.339 e. The second-order valence-corrected chi connectivity index (χ2v) is 15.7. The van der Waals surface area contributed by atoms with Gasteiger partial charge in [-0.05, 0) is 99.5 Å². The Balaban J connectivity index is 1.54. The molecular weight excluding hydrogens is 620 g/mol. The van der Waals surface area contributed by atoms with E-state index in [0.717, 1.165) is 24.8 Å². The highest BCUT2D eigenvalue weighted by atomic mass is 16.7. The van der Waals surface area contributed by atoms with Gasteiger partial charge in [0, 0.05) is 32.8 Å². The SMILES string of the molecule is COC1CC(O)C(C)OC1CC1C(C)=CCC2CC(CC3(CCC(C)C(C(C)C)O3)O2)OC(=O)c2cc(C)c(O)cc2C(C)=CC=CC1C. The summed E-state index contributed by atoms with van der Waals surface area (Å²) < 4.78 is 32.3. The van der Waals surface area contributed by atoms with Crippen molar-refractivity contribution in [3.8, 4) is 5.75 Å². The number of carbonyl (C=O) groups excluding carboxylic acids is 1. The van der Waals surface area contributed by atoms with Gasteiger partial charge in [0.2, 0.25) is 0 Å². The van der Waals surface area contributed by atoms with Crippen molar-refractivity contribution in [3.63, 3.8) is 0 Å². The summed E-state index contributed by atoms with van der Waals surface area (Å²) in [7, 11) is 1.69. The lowest BCUT2D eigenvalue weighted by atomic mass is 9.79. The van der Waals surface area contributed by atoms with Crippen LogP contribution in [-0.4, -0.2) is 71.8 Å². The fraction of sp³-hybridized carbons (Fsp3) is 0.683. The molecule has 8 heteroatoms. The largest absolute Gasteiger partial charge is 0.508 e. The normalized spacial score (nSPS) is 37.7. The minimum atomic E-state index is -0.819. The van der Waals surface area contributed by atoms with Crippen molar-refractivity contribution < 1.29 is 38.7 Å². The van der Waals surface area contributed by atoms with Gasteiger partial charge in [0.25, 0.3) is 0 Å². The first-order valence-corrected chi connectivity index (χ1v) is 18.5. The molecule has 11 atom stereocenters. The number of phenols is 1. The van der Waals surface area contributed by atoms with Crippen LogP contribution >= 0.6 is 0 Å². The van der Waals surface area contributed by atoms with Crippen molar-refractivity contribution in [3.05, 3.63) is 58.7 Å². The molecule has 0 aliphatic carbocycles. The standard InChI is InChI=1S/C41H60O8/c1-23(2)39-27(6)15-16-41(49-39)22-31-18-30(48-41)14-13-26(5)32(20-38-37(45-9)21-36(43)29(8)46-38)24(3)11-10-12-25(4)33-19-35(42)28(7)17-34(33)40(44)47-31/h10-13,17,19,23-24,27,29-32,36-39,42-43H,14-16,18,20-22H2,1-9H3. The van der Waals surface area contributed by atoms with E-state index in [4.69, 9.17) is 23.7 Å². The first-order valence-electron chi connectivity index (χ1n) is 18.5. The second kappa shape index (κ2) is 15.8. The maximum Gasteiger partial charge on any atom is 0.339 e. The quantitative estimate of drug-likeness (QED) is 0.243. The number of benzene rings is 1. The van der Waals surface area contributed by atoms with Crippen molar-refractivity contribution in [1.82, 2.24) is 0 Å². The van der Waals surface area contributed by atoms with Crippen LogP contribution in [0.3, 0.4) is 0 Å². The molecule has 2 N–H and O–H groups in total. The Kier molecular flexibility index (Phi) is 12.2. The number of hydrogen-bond acceptors (Lipinski definition) is 8. The molecule has 11 unspecified atom stereocenters. The summed E-state index contributed by atoms with van der Waals surface area (Å²) in [4.78, 5) is 14.0. The fourth-order valence-electron chi connectivity index (χ4n) is 8.45. The van der Waals surface area contributed by atoms with Crippen molar-refractivity contribution in [2.24, 2.45) is 23.7 Å². The summed E-state index contributed by atoms with van der Waals surface area (Å²) in [5, 5.41) is 21.2. The molecule has 1 aromatic carbocycles. The maximum absolute atomic E-state index is 14.0. The summed E-state index contributed by atoms with van der Waals surface area (Å²) in [6, 6.07) is 3.40. The summed E-state index contributed by atoms with van der Waals surface area (Å²) in [5.41, 5.74) is 3.81. The van der Waals surface area contributed by atoms with E-state index in [1.165, 1.54) is 5.57 Å². The fourth-order valence-corrected chi connectivity index (χ4v) is 8.45. The number of methoxy groups -OCH3 is 1. The third-order valence-electron chi connectivity index (χ3n) is 11.5. The number of aromatic hydroxyl groups is 1. The molecular formula is C41H60O8. The summed E-state index contributed by atoms with van der Waals surface area (Å²) >= 11 is 0. The van der Waals surface area contributed by atoms with Gasteiger partial charge in [-0.1, -0.05) is 57.6 Å². The van der Waals surface area contributed by atoms with E-state index in [0.29, 0.717) is 54.2 Å². The zero-order chi connectivity index (χ0) is 35.6. The zero-order valence-electron chi connectivity index (χ0n) is 31.1. The molecule has 1 aromatic rings. The highest BCUT2D eigenvalue weighted by Crippen LogP contribution is 2.45. The maximum atomic E-state index is 14.0. The van der Waals surface area contributed by atoms with Crippen molar-refractivity contribution in [1.29, 1.82) is 0 Å². The van der Waals surface area contributed by atoms with Crippen LogP contribution in [0.4, 0.5) is 0 Å². The minimum absolute atomic E-state index is 0.0558. The van der Waals surface area contributed by atoms with Crippen LogP contribution in [-0.2, 0) is 23.7 Å². The van der Waals surface area contributed by atoms with Crippen molar-refractivity contribution in [2.75, 3.05) is 7.11 Å². The molecule has 4 aliphatic rings. The Hall–Kier alpha value is -2.49. The predicted octanol–water partition coefficient (Wildman–Crippen LogP) is 8.08. The molecule has 3 saturated heterocycles. The van der Waals surface area contributed by atoms with Gasteiger partial charge in [0.1, 0.15) is 11.9 Å². The van der Waals surface area contributed by atoms with Gasteiger partial charge in [-0.25, -0.2) is 4.79 Å². The van der Waals surface area contributed by atoms with Gasteiger partial charge < -0.3 is 33.9 Å². The monoisotopic (exact) mass is 680 g/mol. The van der Waals surface area contributed by atoms with E-state index in [9.17, 15) is 15.0 Å². The average molecular weight is 681 g/mol. The number of rotatable bonds is 4. The van der Waals surface area contributed by atoms with E-state index in [1.54, 1.807) is 26.2 Å². The Morgan fingerprint density at radius 2 is 1.80 bits per heavy atom. The number of esters is 1. The average Bonchev–Trinajstić information content (AvgIpc) is 3.05. The van der Waals surface area contributed by atoms with Gasteiger partial charge in [0.05, 0.1) is 42.2 Å². The van der Waals surface area contributed by atoms with Crippen LogP contribution < -0.4 is 0 Å². The molecule has 4 heterocycles. The molecule has 3 fully saturated rings. The van der Waals surface area contributed by atoms with E-state index < -0.39 is 17.9 Å². The predicted molar refractivity (Wildman–Crippen MR) is 191 cm³/mol. The van der Waals surface area contributed by atoms with Crippen LogP contribution in [0, 0.1) is 30.6 Å². The van der Waals surface area contributed by atoms with Crippen LogP contribution in [0.2, 0.25) is 0 Å². The third-order valence-corrected chi connectivity index (χ3v) is 11.5.